The average molecular weight is 432 g/mol. The van der Waals surface area contributed by atoms with Crippen molar-refractivity contribution in [3.8, 4) is 5.75 Å². The maximum atomic E-state index is 13.1. The van der Waals surface area contributed by atoms with Crippen molar-refractivity contribution in [1.29, 1.82) is 0 Å². The van der Waals surface area contributed by atoms with Crippen LogP contribution in [0.3, 0.4) is 0 Å². The number of halogens is 7. The summed E-state index contributed by atoms with van der Waals surface area (Å²) in [6, 6.07) is 2.38. The molecule has 1 amide bonds. The molecule has 2 aromatic rings. The Bertz CT molecular complexity index is 806. The Kier molecular flexibility index (Phi) is 5.30. The molecule has 136 valence electrons. The number of aryl methyl sites for hydroxylation is 1. The van der Waals surface area contributed by atoms with E-state index in [4.69, 9.17) is 0 Å². The van der Waals surface area contributed by atoms with Crippen molar-refractivity contribution >= 4 is 27.5 Å². The van der Waals surface area contributed by atoms with Crippen LogP contribution in [0.25, 0.3) is 0 Å². The average Bonchev–Trinajstić information content (AvgIpc) is 2.76. The molecular formula is C13H8BrF6N3O2. The highest BCUT2D eigenvalue weighted by atomic mass is 79.9. The van der Waals surface area contributed by atoms with Crippen LogP contribution in [-0.2, 0) is 13.2 Å². The van der Waals surface area contributed by atoms with Crippen LogP contribution in [-0.4, -0.2) is 22.3 Å². The first-order valence-electron chi connectivity index (χ1n) is 6.36. The van der Waals surface area contributed by atoms with Crippen molar-refractivity contribution in [3.63, 3.8) is 0 Å². The molecule has 5 nitrogen and oxygen atoms in total. The molecule has 1 aromatic carbocycles. The highest BCUT2D eigenvalue weighted by Crippen LogP contribution is 2.36. The van der Waals surface area contributed by atoms with Crippen molar-refractivity contribution in [1.82, 2.24) is 9.78 Å². The Labute approximate surface area is 144 Å². The summed E-state index contributed by atoms with van der Waals surface area (Å²) in [5.41, 5.74) is -2.20. The first kappa shape index (κ1) is 19.1. The van der Waals surface area contributed by atoms with Crippen LogP contribution < -0.4 is 10.1 Å². The van der Waals surface area contributed by atoms with Crippen molar-refractivity contribution in [2.24, 2.45) is 7.05 Å². The summed E-state index contributed by atoms with van der Waals surface area (Å²) in [7, 11) is 1.09. The van der Waals surface area contributed by atoms with Crippen LogP contribution in [0.4, 0.5) is 32.0 Å². The van der Waals surface area contributed by atoms with Crippen LogP contribution in [0, 0.1) is 5.82 Å². The molecule has 0 fully saturated rings. The van der Waals surface area contributed by atoms with Gasteiger partial charge in [-0.05, 0) is 28.1 Å². The number of aromatic nitrogens is 2. The number of anilines is 1. The van der Waals surface area contributed by atoms with E-state index in [0.717, 1.165) is 19.2 Å². The van der Waals surface area contributed by atoms with Gasteiger partial charge in [0.05, 0.1) is 10.2 Å². The van der Waals surface area contributed by atoms with Gasteiger partial charge in [-0.25, -0.2) is 4.39 Å². The van der Waals surface area contributed by atoms with Gasteiger partial charge in [-0.3, -0.25) is 9.48 Å². The topological polar surface area (TPSA) is 56.2 Å². The number of nitrogens with zero attached hydrogens (tertiary/aromatic N) is 2. The minimum absolute atomic E-state index is 0.353. The number of nitrogens with one attached hydrogen (secondary N) is 1. The summed E-state index contributed by atoms with van der Waals surface area (Å²) in [6.07, 6.45) is -4.81. The van der Waals surface area contributed by atoms with E-state index >= 15 is 0 Å². The summed E-state index contributed by atoms with van der Waals surface area (Å²) in [4.78, 5) is 12.2. The molecule has 0 atom stereocenters. The van der Waals surface area contributed by atoms with Gasteiger partial charge in [0.25, 0.3) is 5.91 Å². The predicted molar refractivity (Wildman–Crippen MR) is 76.9 cm³/mol. The number of benzene rings is 1. The number of amides is 1. The standard InChI is InChI=1S/C13H8BrF6N3O2/c1-23-9(8(14)10(22-23)13(18,19)20)11(24)21-6-3-2-5(15)4-7(6)25-12(16)17/h2-4,12H,1H3,(H,21,24). The Morgan fingerprint density at radius 3 is 2.52 bits per heavy atom. The zero-order valence-corrected chi connectivity index (χ0v) is 13.8. The van der Waals surface area contributed by atoms with Gasteiger partial charge < -0.3 is 10.1 Å². The quantitative estimate of drug-likeness (QED) is 0.738. The zero-order chi connectivity index (χ0) is 18.9. The Morgan fingerprint density at radius 2 is 2.00 bits per heavy atom. The zero-order valence-electron chi connectivity index (χ0n) is 12.2. The molecule has 12 heteroatoms. The van der Waals surface area contributed by atoms with E-state index in [1.54, 1.807) is 0 Å². The Morgan fingerprint density at radius 1 is 1.36 bits per heavy atom. The van der Waals surface area contributed by atoms with E-state index in [1.165, 1.54) is 0 Å². The molecule has 1 N–H and O–H groups in total. The highest BCUT2D eigenvalue weighted by Gasteiger charge is 2.39. The number of carbonyl (C=O) groups is 1. The lowest BCUT2D eigenvalue weighted by atomic mass is 10.2. The van der Waals surface area contributed by atoms with E-state index in [-0.39, 0.29) is 5.69 Å². The van der Waals surface area contributed by atoms with Crippen LogP contribution >= 0.6 is 15.9 Å². The fraction of sp³-hybridized carbons (Fsp3) is 0.231. The largest absolute Gasteiger partial charge is 0.436 e. The lowest BCUT2D eigenvalue weighted by molar-refractivity contribution is -0.142. The number of rotatable bonds is 4. The number of hydrogen-bond donors (Lipinski definition) is 1. The normalized spacial score (nSPS) is 11.7. The van der Waals surface area contributed by atoms with Gasteiger partial charge in [-0.2, -0.15) is 27.1 Å². The van der Waals surface area contributed by atoms with Gasteiger partial charge in [0.2, 0.25) is 0 Å². The second-order valence-electron chi connectivity index (χ2n) is 4.61. The molecule has 0 unspecified atom stereocenters. The second-order valence-corrected chi connectivity index (χ2v) is 5.40. The van der Waals surface area contributed by atoms with E-state index in [2.05, 4.69) is 31.1 Å². The van der Waals surface area contributed by atoms with Crippen molar-refractivity contribution in [2.45, 2.75) is 12.8 Å². The third kappa shape index (κ3) is 4.24. The third-order valence-electron chi connectivity index (χ3n) is 2.88. The molecule has 0 aliphatic rings. The molecular weight excluding hydrogens is 424 g/mol. The Balaban J connectivity index is 2.37. The molecule has 0 spiro atoms. The van der Waals surface area contributed by atoms with Crippen LogP contribution in [0.15, 0.2) is 22.7 Å². The maximum Gasteiger partial charge on any atom is 0.436 e. The monoisotopic (exact) mass is 431 g/mol. The summed E-state index contributed by atoms with van der Waals surface area (Å²) < 4.78 is 80.4. The minimum atomic E-state index is -4.81. The van der Waals surface area contributed by atoms with E-state index in [9.17, 15) is 31.1 Å². The predicted octanol–water partition coefficient (Wildman–Crippen LogP) is 4.19. The minimum Gasteiger partial charge on any atom is -0.432 e. The van der Waals surface area contributed by atoms with Crippen molar-refractivity contribution < 1.29 is 35.9 Å². The lowest BCUT2D eigenvalue weighted by Crippen LogP contribution is -2.18. The van der Waals surface area contributed by atoms with Crippen LogP contribution in [0.5, 0.6) is 5.75 Å². The number of hydrogen-bond acceptors (Lipinski definition) is 3. The summed E-state index contributed by atoms with van der Waals surface area (Å²) in [5, 5.41) is 5.29. The fourth-order valence-corrected chi connectivity index (χ4v) is 2.64. The van der Waals surface area contributed by atoms with Gasteiger partial charge in [0.1, 0.15) is 11.5 Å². The molecule has 0 aliphatic heterocycles. The molecule has 0 aliphatic carbocycles. The number of ether oxygens (including phenoxy) is 1. The van der Waals surface area contributed by atoms with E-state index in [0.29, 0.717) is 10.7 Å². The molecule has 0 radical (unpaired) electrons. The van der Waals surface area contributed by atoms with Gasteiger partial charge in [-0.1, -0.05) is 0 Å². The van der Waals surface area contributed by atoms with Crippen molar-refractivity contribution in [2.75, 3.05) is 5.32 Å². The smallest absolute Gasteiger partial charge is 0.432 e. The molecule has 2 rings (SSSR count). The van der Waals surface area contributed by atoms with Gasteiger partial charge in [-0.15, -0.1) is 0 Å². The van der Waals surface area contributed by atoms with Crippen LogP contribution in [0.2, 0.25) is 0 Å². The Hall–Kier alpha value is -2.24. The summed E-state index contributed by atoms with van der Waals surface area (Å²) >= 11 is 2.65. The molecule has 0 saturated carbocycles. The lowest BCUT2D eigenvalue weighted by Gasteiger charge is -2.12. The molecule has 0 bridgehead atoms. The SMILES string of the molecule is Cn1nc(C(F)(F)F)c(Br)c1C(=O)Nc1ccc(F)cc1OC(F)F. The first-order chi connectivity index (χ1) is 11.5. The number of carbonyl (C=O) groups excluding carboxylic acids is 1. The number of alkyl halides is 5. The van der Waals surface area contributed by atoms with E-state index in [1.807, 2.05) is 0 Å². The maximum absolute atomic E-state index is 13.1. The third-order valence-corrected chi connectivity index (χ3v) is 3.63. The molecule has 0 saturated heterocycles. The molecule has 25 heavy (non-hydrogen) atoms. The second kappa shape index (κ2) is 6.94. The van der Waals surface area contributed by atoms with E-state index < -0.39 is 46.1 Å². The highest BCUT2D eigenvalue weighted by molar-refractivity contribution is 9.10. The first-order valence-corrected chi connectivity index (χ1v) is 7.15. The van der Waals surface area contributed by atoms with Gasteiger partial charge in [0.15, 0.2) is 11.4 Å². The fourth-order valence-electron chi connectivity index (χ4n) is 1.90. The van der Waals surface area contributed by atoms with Crippen molar-refractivity contribution in [3.05, 3.63) is 39.9 Å². The molecule has 1 heterocycles. The van der Waals surface area contributed by atoms with Crippen LogP contribution in [0.1, 0.15) is 16.2 Å². The summed E-state index contributed by atoms with van der Waals surface area (Å²) in [6.45, 7) is -3.29. The van der Waals surface area contributed by atoms with Gasteiger partial charge in [0, 0.05) is 13.1 Å². The summed E-state index contributed by atoms with van der Waals surface area (Å²) in [5.74, 6) is -2.68. The molecule has 1 aromatic heterocycles. The van der Waals surface area contributed by atoms with Gasteiger partial charge >= 0.3 is 12.8 Å².